The van der Waals surface area contributed by atoms with Gasteiger partial charge in [0.05, 0.1) is 68.0 Å². The Bertz CT molecular complexity index is 1870. The number of pyridine rings is 1. The Labute approximate surface area is 383 Å². The fourth-order valence-electron chi connectivity index (χ4n) is 9.22. The van der Waals surface area contributed by atoms with Crippen molar-refractivity contribution in [2.75, 3.05) is 41.5 Å². The van der Waals surface area contributed by atoms with Crippen LogP contribution in [0.1, 0.15) is 73.6 Å². The third-order valence-corrected chi connectivity index (χ3v) is 13.2. The highest BCUT2D eigenvalue weighted by Gasteiger charge is 2.48. The summed E-state index contributed by atoms with van der Waals surface area (Å²) in [5.74, 6) is -3.07. The van der Waals surface area contributed by atoms with Crippen molar-refractivity contribution in [3.63, 3.8) is 0 Å². The van der Waals surface area contributed by atoms with Crippen molar-refractivity contribution in [3.8, 4) is 11.3 Å². The number of hydrogen-bond acceptors (Lipinski definition) is 17. The van der Waals surface area contributed by atoms with Crippen LogP contribution in [0.25, 0.3) is 11.3 Å². The molecular formula is C47H73N5O13. The van der Waals surface area contributed by atoms with E-state index in [1.807, 2.05) is 45.2 Å². The molecule has 5 rings (SSSR count). The summed E-state index contributed by atoms with van der Waals surface area (Å²) in [4.78, 5) is 33.9. The number of likely N-dealkylation sites (N-methyl/N-ethyl adjacent to an activating group) is 1. The number of nitrogens with zero attached hydrogens (tertiary/aromatic N) is 5. The van der Waals surface area contributed by atoms with E-state index in [0.29, 0.717) is 37.9 Å². The van der Waals surface area contributed by atoms with Crippen LogP contribution in [0.3, 0.4) is 0 Å². The molecule has 4 N–H and O–H groups in total. The number of aliphatic hydroxyl groups excluding tert-OH is 4. The first-order chi connectivity index (χ1) is 30.9. The summed E-state index contributed by atoms with van der Waals surface area (Å²) in [6.45, 7) is 10.9. The molecule has 5 heterocycles. The van der Waals surface area contributed by atoms with Crippen molar-refractivity contribution in [1.29, 1.82) is 0 Å². The van der Waals surface area contributed by atoms with Gasteiger partial charge in [-0.25, -0.2) is 0 Å². The van der Waals surface area contributed by atoms with Gasteiger partial charge in [-0.15, -0.1) is 5.10 Å². The van der Waals surface area contributed by atoms with E-state index in [1.54, 1.807) is 70.0 Å². The maximum absolute atomic E-state index is 14.0. The predicted octanol–water partition coefficient (Wildman–Crippen LogP) is 3.11. The first kappa shape index (κ1) is 52.4. The van der Waals surface area contributed by atoms with Crippen LogP contribution < -0.4 is 0 Å². The quantitative estimate of drug-likeness (QED) is 0.200. The Morgan fingerprint density at radius 1 is 1.03 bits per heavy atom. The Kier molecular flexibility index (Phi) is 19.3. The molecule has 364 valence electrons. The van der Waals surface area contributed by atoms with Crippen molar-refractivity contribution < 1.29 is 63.2 Å². The minimum Gasteiger partial charge on any atom is -0.462 e. The molecule has 0 saturated carbocycles. The number of cyclic esters (lactones) is 1. The number of ketones is 1. The molecule has 0 radical (unpaired) electrons. The summed E-state index contributed by atoms with van der Waals surface area (Å²) in [7, 11) is 6.59. The van der Waals surface area contributed by atoms with Gasteiger partial charge in [-0.2, -0.15) is 0 Å². The number of aromatic nitrogens is 4. The fourth-order valence-corrected chi connectivity index (χ4v) is 9.22. The average molecular weight is 916 g/mol. The second-order valence-electron chi connectivity index (χ2n) is 18.5. The van der Waals surface area contributed by atoms with Crippen LogP contribution in [0.15, 0.2) is 54.5 Å². The number of allylic oxidation sites excluding steroid dienone is 3. The molecule has 65 heavy (non-hydrogen) atoms. The van der Waals surface area contributed by atoms with Crippen molar-refractivity contribution >= 4 is 11.8 Å². The third kappa shape index (κ3) is 13.6. The molecule has 0 spiro atoms. The maximum Gasteiger partial charge on any atom is 0.308 e. The second-order valence-corrected chi connectivity index (χ2v) is 18.5. The number of carbonyl (C=O) groups excluding carboxylic acids is 2. The van der Waals surface area contributed by atoms with E-state index in [2.05, 4.69) is 15.3 Å². The number of ether oxygens (including phenoxy) is 7. The zero-order valence-corrected chi connectivity index (χ0v) is 39.6. The number of rotatable bonds is 14. The topological polar surface area (TPSA) is 227 Å². The Hall–Kier alpha value is -3.53. The zero-order valence-electron chi connectivity index (χ0n) is 39.6. The van der Waals surface area contributed by atoms with Crippen LogP contribution in [0.2, 0.25) is 0 Å². The van der Waals surface area contributed by atoms with E-state index in [9.17, 15) is 30.0 Å². The number of esters is 1. The molecule has 3 aliphatic rings. The van der Waals surface area contributed by atoms with Gasteiger partial charge >= 0.3 is 5.97 Å². The molecule has 0 aromatic carbocycles. The average Bonchev–Trinajstić information content (AvgIpc) is 3.77. The molecule has 2 aromatic heterocycles. The molecular weight excluding hydrogens is 843 g/mol. The van der Waals surface area contributed by atoms with Crippen LogP contribution >= 0.6 is 0 Å². The van der Waals surface area contributed by atoms with Crippen molar-refractivity contribution in [3.05, 3.63) is 54.5 Å². The molecule has 3 aliphatic heterocycles. The summed E-state index contributed by atoms with van der Waals surface area (Å²) < 4.78 is 44.8. The molecule has 0 bridgehead atoms. The smallest absolute Gasteiger partial charge is 0.308 e. The van der Waals surface area contributed by atoms with Gasteiger partial charge in [0.1, 0.15) is 24.0 Å². The standard InChI is InChI=1S/C47H73N5O13/c1-11-37-33(25-61-46-44(60-10)38(59-9)22-47(6,26-53)65-46)19-27(2)14-15-35(54)28(3)20-31(16-18-52-24-34(49-50-52)32-13-12-17-48-23-32)43(29(4)36(55)21-39(56)63-37)64-45-42(58)40(51(7)8)41(57)30(5)62-45/h12-15,17,19,23-24,28-31,33,36-38,40-46,53,55,57-58H,11,16,18,20-22,25-26H2,1-10H3/b15-14+,27-19+/t28-,29+,30-,31+,33-,36-,37-,38+,40?,41-,42?,43-,44?,45+,46-,47?/m1/s1. The fraction of sp³-hybridized carbons (Fsp3) is 0.723. The number of methoxy groups -OCH3 is 2. The van der Waals surface area contributed by atoms with Gasteiger partial charge in [0, 0.05) is 62.9 Å². The van der Waals surface area contributed by atoms with Crippen LogP contribution in [0.4, 0.5) is 0 Å². The van der Waals surface area contributed by atoms with Gasteiger partial charge in [-0.3, -0.25) is 19.3 Å². The molecule has 18 heteroatoms. The van der Waals surface area contributed by atoms with E-state index in [1.165, 1.54) is 13.2 Å². The van der Waals surface area contributed by atoms with Crippen LogP contribution in [0, 0.1) is 23.7 Å². The van der Waals surface area contributed by atoms with Crippen molar-refractivity contribution in [1.82, 2.24) is 24.9 Å². The summed E-state index contributed by atoms with van der Waals surface area (Å²) in [6, 6.07) is 2.97. The first-order valence-corrected chi connectivity index (χ1v) is 22.8. The monoisotopic (exact) mass is 916 g/mol. The minimum atomic E-state index is -1.30. The van der Waals surface area contributed by atoms with E-state index >= 15 is 0 Å². The minimum absolute atomic E-state index is 0.0145. The summed E-state index contributed by atoms with van der Waals surface area (Å²) in [5.41, 5.74) is 1.20. The van der Waals surface area contributed by atoms with Crippen molar-refractivity contribution in [2.24, 2.45) is 23.7 Å². The van der Waals surface area contributed by atoms with E-state index < -0.39 is 109 Å². The molecule has 2 fully saturated rings. The Morgan fingerprint density at radius 2 is 1.78 bits per heavy atom. The van der Waals surface area contributed by atoms with Crippen LogP contribution in [-0.4, -0.2) is 172 Å². The largest absolute Gasteiger partial charge is 0.462 e. The molecule has 16 atom stereocenters. The van der Waals surface area contributed by atoms with Gasteiger partial charge in [-0.05, 0) is 78.3 Å². The third-order valence-electron chi connectivity index (χ3n) is 13.2. The van der Waals surface area contributed by atoms with E-state index in [4.69, 9.17) is 33.2 Å². The van der Waals surface area contributed by atoms with Crippen LogP contribution in [0.5, 0.6) is 0 Å². The van der Waals surface area contributed by atoms with E-state index in [0.717, 1.165) is 11.1 Å². The van der Waals surface area contributed by atoms with Gasteiger partial charge in [0.2, 0.25) is 0 Å². The Morgan fingerprint density at radius 3 is 2.43 bits per heavy atom. The zero-order chi connectivity index (χ0) is 47.6. The molecule has 2 saturated heterocycles. The molecule has 4 unspecified atom stereocenters. The van der Waals surface area contributed by atoms with Crippen LogP contribution in [-0.2, 0) is 49.3 Å². The lowest BCUT2D eigenvalue weighted by Gasteiger charge is -2.46. The lowest BCUT2D eigenvalue weighted by molar-refractivity contribution is -0.310. The van der Waals surface area contributed by atoms with Gasteiger partial charge in [0.15, 0.2) is 18.4 Å². The number of aryl methyl sites for hydroxylation is 1. The number of carbonyl (C=O) groups is 2. The number of hydrogen-bond donors (Lipinski definition) is 4. The van der Waals surface area contributed by atoms with E-state index in [-0.39, 0.29) is 19.0 Å². The first-order valence-electron chi connectivity index (χ1n) is 22.8. The highest BCUT2D eigenvalue weighted by molar-refractivity contribution is 5.91. The lowest BCUT2D eigenvalue weighted by Crippen LogP contribution is -2.63. The highest BCUT2D eigenvalue weighted by atomic mass is 16.7. The van der Waals surface area contributed by atoms with Crippen molar-refractivity contribution in [2.45, 2.75) is 153 Å². The Balaban J connectivity index is 1.48. The van der Waals surface area contributed by atoms with Gasteiger partial charge in [0.25, 0.3) is 0 Å². The normalized spacial score (nSPS) is 38.3. The lowest BCUT2D eigenvalue weighted by atomic mass is 9.79. The second kappa shape index (κ2) is 24.0. The maximum atomic E-state index is 14.0. The molecule has 18 nitrogen and oxygen atoms in total. The molecule has 0 aliphatic carbocycles. The summed E-state index contributed by atoms with van der Waals surface area (Å²) >= 11 is 0. The molecule has 0 amide bonds. The highest BCUT2D eigenvalue weighted by Crippen LogP contribution is 2.36. The SMILES string of the molecule is CC[C@H]1OC(=O)C[C@@H](O)[C@H](C)[C@@H](O[C@@H]2O[C@H](C)[C@@H](O)C(N(C)C)C2O)[C@@H](CCn2cc(-c3cccnc3)nn2)C[C@@H](C)C(=O)/C=C/C(C)=C/[C@@H]1CO[C@@H]1OC(C)(CO)C[C@H](OC)C1OC. The van der Waals surface area contributed by atoms with Gasteiger partial charge < -0.3 is 58.5 Å². The number of aliphatic hydroxyl groups is 4. The predicted molar refractivity (Wildman–Crippen MR) is 238 cm³/mol. The van der Waals surface area contributed by atoms with Gasteiger partial charge in [-0.1, -0.05) is 43.7 Å². The summed E-state index contributed by atoms with van der Waals surface area (Å²) in [6.07, 6.45) is 2.30. The summed E-state index contributed by atoms with van der Waals surface area (Å²) in [5, 5.41) is 53.5. The molecule has 2 aromatic rings.